The number of nitrogens with zero attached hydrogens (tertiary/aromatic N) is 1. The summed E-state index contributed by atoms with van der Waals surface area (Å²) in [6.45, 7) is 2.76. The van der Waals surface area contributed by atoms with Gasteiger partial charge in [0.05, 0.1) is 17.0 Å². The lowest BCUT2D eigenvalue weighted by Crippen LogP contribution is -2.67. The van der Waals surface area contributed by atoms with Crippen molar-refractivity contribution in [2.24, 2.45) is 5.41 Å². The largest absolute Gasteiger partial charge is 0.378 e. The second kappa shape index (κ2) is 6.89. The number of thioether (sulfide) groups is 1. The SMILES string of the molecule is CCO[C@@H]1C[C@H](N(C)C(=O)C[C@@H]2Sc3ccccc3NC2=O)C12CCC2. The van der Waals surface area contributed by atoms with Crippen molar-refractivity contribution in [2.75, 3.05) is 19.0 Å². The number of carbonyl (C=O) groups is 2. The standard InChI is InChI=1S/C20H26N2O3S/c1-3-25-17-12-16(20(17)9-6-10-20)22(2)18(23)11-15-19(24)21-13-7-4-5-8-14(13)26-15/h4-5,7-8,15-17H,3,6,9-12H2,1-2H3,(H,21,24)/t15-,16-,17+/m0/s1. The van der Waals surface area contributed by atoms with Crippen LogP contribution >= 0.6 is 11.8 Å². The molecule has 2 aliphatic carbocycles. The fourth-order valence-corrected chi connectivity index (χ4v) is 5.75. The molecule has 2 fully saturated rings. The van der Waals surface area contributed by atoms with Crippen LogP contribution in [0.15, 0.2) is 29.2 Å². The van der Waals surface area contributed by atoms with Crippen molar-refractivity contribution < 1.29 is 14.3 Å². The van der Waals surface area contributed by atoms with E-state index >= 15 is 0 Å². The molecule has 3 aliphatic rings. The molecule has 1 aromatic carbocycles. The summed E-state index contributed by atoms with van der Waals surface area (Å²) in [5.74, 6) is -0.0159. The Hall–Kier alpha value is -1.53. The maximum absolute atomic E-state index is 12.9. The molecule has 2 saturated carbocycles. The number of rotatable bonds is 5. The summed E-state index contributed by atoms with van der Waals surface area (Å²) < 4.78 is 5.90. The maximum atomic E-state index is 12.9. The third-order valence-corrected chi connectivity index (χ3v) is 7.60. The Labute approximate surface area is 158 Å². The van der Waals surface area contributed by atoms with E-state index in [1.165, 1.54) is 18.2 Å². The Balaban J connectivity index is 1.40. The van der Waals surface area contributed by atoms with Gasteiger partial charge in [-0.2, -0.15) is 0 Å². The van der Waals surface area contributed by atoms with Crippen LogP contribution in [0.5, 0.6) is 0 Å². The number of carbonyl (C=O) groups excluding carboxylic acids is 2. The first kappa shape index (κ1) is 17.9. The molecule has 26 heavy (non-hydrogen) atoms. The van der Waals surface area contributed by atoms with Crippen molar-refractivity contribution in [3.8, 4) is 0 Å². The van der Waals surface area contributed by atoms with Gasteiger partial charge in [-0.15, -0.1) is 11.8 Å². The van der Waals surface area contributed by atoms with Gasteiger partial charge in [0.2, 0.25) is 11.8 Å². The minimum atomic E-state index is -0.361. The van der Waals surface area contributed by atoms with Gasteiger partial charge in [0.15, 0.2) is 0 Å². The zero-order valence-electron chi connectivity index (χ0n) is 15.4. The Kier molecular flexibility index (Phi) is 4.73. The van der Waals surface area contributed by atoms with E-state index in [4.69, 9.17) is 4.74 Å². The first-order valence-corrected chi connectivity index (χ1v) is 10.4. The lowest BCUT2D eigenvalue weighted by atomic mass is 9.50. The molecule has 5 nitrogen and oxygen atoms in total. The van der Waals surface area contributed by atoms with Gasteiger partial charge < -0.3 is 15.0 Å². The zero-order chi connectivity index (χ0) is 18.3. The molecule has 1 aliphatic heterocycles. The van der Waals surface area contributed by atoms with Gasteiger partial charge in [-0.05, 0) is 38.3 Å². The number of amides is 2. The van der Waals surface area contributed by atoms with E-state index in [0.29, 0.717) is 6.10 Å². The molecule has 3 atom stereocenters. The minimum absolute atomic E-state index is 0.0586. The molecule has 0 bridgehead atoms. The Morgan fingerprint density at radius 3 is 2.85 bits per heavy atom. The van der Waals surface area contributed by atoms with Gasteiger partial charge in [0.25, 0.3) is 0 Å². The molecule has 6 heteroatoms. The normalized spacial score (nSPS) is 28.5. The molecular weight excluding hydrogens is 348 g/mol. The van der Waals surface area contributed by atoms with Gasteiger partial charge in [-0.1, -0.05) is 18.6 Å². The lowest BCUT2D eigenvalue weighted by molar-refractivity contribution is -0.202. The summed E-state index contributed by atoms with van der Waals surface area (Å²) in [4.78, 5) is 28.2. The van der Waals surface area contributed by atoms with Crippen LogP contribution in [0, 0.1) is 5.41 Å². The van der Waals surface area contributed by atoms with Crippen LogP contribution in [-0.2, 0) is 14.3 Å². The van der Waals surface area contributed by atoms with Crippen molar-refractivity contribution in [1.82, 2.24) is 4.90 Å². The van der Waals surface area contributed by atoms with Crippen LogP contribution in [-0.4, -0.2) is 47.8 Å². The monoisotopic (exact) mass is 374 g/mol. The van der Waals surface area contributed by atoms with Gasteiger partial charge in [-0.25, -0.2) is 0 Å². The van der Waals surface area contributed by atoms with E-state index < -0.39 is 0 Å². The lowest BCUT2D eigenvalue weighted by Gasteiger charge is -2.63. The molecule has 2 amide bonds. The zero-order valence-corrected chi connectivity index (χ0v) is 16.2. The van der Waals surface area contributed by atoms with Gasteiger partial charge >= 0.3 is 0 Å². The van der Waals surface area contributed by atoms with E-state index in [0.717, 1.165) is 36.5 Å². The molecule has 1 N–H and O–H groups in total. The molecule has 0 aromatic heterocycles. The first-order valence-electron chi connectivity index (χ1n) is 9.49. The molecule has 1 aromatic rings. The van der Waals surface area contributed by atoms with Crippen molar-refractivity contribution >= 4 is 29.3 Å². The van der Waals surface area contributed by atoms with Gasteiger partial charge in [-0.3, -0.25) is 9.59 Å². The van der Waals surface area contributed by atoms with Gasteiger partial charge in [0.1, 0.15) is 0 Å². The predicted octanol–water partition coefficient (Wildman–Crippen LogP) is 3.30. The van der Waals surface area contributed by atoms with Crippen LogP contribution < -0.4 is 5.32 Å². The number of ether oxygens (including phenoxy) is 1. The average molecular weight is 375 g/mol. The highest BCUT2D eigenvalue weighted by molar-refractivity contribution is 8.01. The molecular formula is C20H26N2O3S. The Bertz CT molecular complexity index is 719. The van der Waals surface area contributed by atoms with E-state index in [1.807, 2.05) is 43.1 Å². The quantitative estimate of drug-likeness (QED) is 0.859. The van der Waals surface area contributed by atoms with Crippen LogP contribution in [0.1, 0.15) is 39.0 Å². The first-order chi connectivity index (χ1) is 12.5. The summed E-state index contributed by atoms with van der Waals surface area (Å²) in [5.41, 5.74) is 1.00. The molecule has 1 spiro atoms. The van der Waals surface area contributed by atoms with Crippen LogP contribution in [0.4, 0.5) is 5.69 Å². The number of para-hydroxylation sites is 1. The highest BCUT2D eigenvalue weighted by atomic mass is 32.2. The highest BCUT2D eigenvalue weighted by Crippen LogP contribution is 2.59. The third kappa shape index (κ3) is 2.83. The topological polar surface area (TPSA) is 58.6 Å². The summed E-state index contributed by atoms with van der Waals surface area (Å²) in [7, 11) is 1.90. The van der Waals surface area contributed by atoms with Crippen molar-refractivity contribution in [3.05, 3.63) is 24.3 Å². The average Bonchev–Trinajstić information content (AvgIpc) is 2.57. The molecule has 0 radical (unpaired) electrons. The number of nitrogens with one attached hydrogen (secondary N) is 1. The molecule has 4 rings (SSSR count). The number of hydrogen-bond acceptors (Lipinski definition) is 4. The molecule has 1 heterocycles. The fraction of sp³-hybridized carbons (Fsp3) is 0.600. The number of fused-ring (bicyclic) bond motifs is 1. The van der Waals surface area contributed by atoms with E-state index in [9.17, 15) is 9.59 Å². The summed E-state index contributed by atoms with van der Waals surface area (Å²) in [6.07, 6.45) is 4.97. The van der Waals surface area contributed by atoms with Crippen LogP contribution in [0.3, 0.4) is 0 Å². The molecule has 140 valence electrons. The molecule has 0 saturated heterocycles. The predicted molar refractivity (Wildman–Crippen MR) is 102 cm³/mol. The highest BCUT2D eigenvalue weighted by Gasteiger charge is 2.60. The van der Waals surface area contributed by atoms with Crippen molar-refractivity contribution in [2.45, 2.75) is 61.3 Å². The Morgan fingerprint density at radius 1 is 1.38 bits per heavy atom. The van der Waals surface area contributed by atoms with Crippen molar-refractivity contribution in [1.29, 1.82) is 0 Å². The Morgan fingerprint density at radius 2 is 2.15 bits per heavy atom. The second-order valence-corrected chi connectivity index (χ2v) is 8.83. The fourth-order valence-electron chi connectivity index (χ4n) is 4.65. The molecule has 0 unspecified atom stereocenters. The minimum Gasteiger partial charge on any atom is -0.378 e. The second-order valence-electron chi connectivity index (χ2n) is 7.58. The van der Waals surface area contributed by atoms with E-state index in [-0.39, 0.29) is 34.9 Å². The maximum Gasteiger partial charge on any atom is 0.238 e. The van der Waals surface area contributed by atoms with E-state index in [2.05, 4.69) is 5.32 Å². The summed E-state index contributed by atoms with van der Waals surface area (Å²) >= 11 is 1.49. The third-order valence-electron chi connectivity index (χ3n) is 6.32. The van der Waals surface area contributed by atoms with E-state index in [1.54, 1.807) is 0 Å². The smallest absolute Gasteiger partial charge is 0.238 e. The number of benzene rings is 1. The number of hydrogen-bond donors (Lipinski definition) is 1. The number of anilines is 1. The van der Waals surface area contributed by atoms with Crippen LogP contribution in [0.25, 0.3) is 0 Å². The summed E-state index contributed by atoms with van der Waals surface area (Å²) in [5, 5.41) is 2.56. The van der Waals surface area contributed by atoms with Crippen LogP contribution in [0.2, 0.25) is 0 Å². The summed E-state index contributed by atoms with van der Waals surface area (Å²) in [6, 6.07) is 8.00. The van der Waals surface area contributed by atoms with Gasteiger partial charge in [0, 0.05) is 36.4 Å². The van der Waals surface area contributed by atoms with Crippen molar-refractivity contribution in [3.63, 3.8) is 0 Å².